The SMILES string of the molecule is CCOC(=O)c1cccnc1-n1nc(CC)cc1CC. The Kier molecular flexibility index (Phi) is 4.50. The number of hydrogen-bond donors (Lipinski definition) is 0. The molecule has 20 heavy (non-hydrogen) atoms. The van der Waals surface area contributed by atoms with E-state index in [0.717, 1.165) is 24.2 Å². The Morgan fingerprint density at radius 1 is 1.30 bits per heavy atom. The molecule has 2 aromatic heterocycles. The van der Waals surface area contributed by atoms with Gasteiger partial charge in [0.1, 0.15) is 5.56 Å². The molecule has 0 bridgehead atoms. The third kappa shape index (κ3) is 2.71. The zero-order chi connectivity index (χ0) is 14.5. The number of aromatic nitrogens is 3. The summed E-state index contributed by atoms with van der Waals surface area (Å²) >= 11 is 0. The van der Waals surface area contributed by atoms with E-state index in [-0.39, 0.29) is 5.97 Å². The summed E-state index contributed by atoms with van der Waals surface area (Å²) in [6.45, 7) is 6.23. The lowest BCUT2D eigenvalue weighted by atomic mass is 10.2. The molecule has 0 atom stereocenters. The van der Waals surface area contributed by atoms with Crippen molar-refractivity contribution >= 4 is 5.97 Å². The van der Waals surface area contributed by atoms with E-state index in [2.05, 4.69) is 23.9 Å². The summed E-state index contributed by atoms with van der Waals surface area (Å²) in [6.07, 6.45) is 3.33. The standard InChI is InChI=1S/C15H19N3O2/c1-4-11-10-12(5-2)18(17-11)14-13(8-7-9-16-14)15(19)20-6-3/h7-10H,4-6H2,1-3H3. The van der Waals surface area contributed by atoms with Gasteiger partial charge in [-0.2, -0.15) is 5.10 Å². The molecule has 0 spiro atoms. The first-order valence-corrected chi connectivity index (χ1v) is 6.91. The first kappa shape index (κ1) is 14.2. The van der Waals surface area contributed by atoms with E-state index in [1.165, 1.54) is 0 Å². The molecule has 0 fully saturated rings. The fraction of sp³-hybridized carbons (Fsp3) is 0.400. The summed E-state index contributed by atoms with van der Waals surface area (Å²) in [6, 6.07) is 5.49. The average Bonchev–Trinajstić information content (AvgIpc) is 2.90. The number of ether oxygens (including phenoxy) is 1. The molecular formula is C15H19N3O2. The Labute approximate surface area is 118 Å². The van der Waals surface area contributed by atoms with E-state index in [1.54, 1.807) is 29.9 Å². The predicted octanol–water partition coefficient (Wildman–Crippen LogP) is 2.57. The highest BCUT2D eigenvalue weighted by Gasteiger charge is 2.17. The van der Waals surface area contributed by atoms with Gasteiger partial charge in [-0.05, 0) is 38.0 Å². The van der Waals surface area contributed by atoms with Crippen LogP contribution in [0.1, 0.15) is 42.5 Å². The second-order valence-corrected chi connectivity index (χ2v) is 4.34. The molecule has 2 heterocycles. The minimum atomic E-state index is -0.369. The molecule has 0 unspecified atom stereocenters. The number of hydrogen-bond acceptors (Lipinski definition) is 4. The predicted molar refractivity (Wildman–Crippen MR) is 76.1 cm³/mol. The minimum absolute atomic E-state index is 0.340. The van der Waals surface area contributed by atoms with Gasteiger partial charge in [0.05, 0.1) is 12.3 Å². The Bertz CT molecular complexity index is 605. The van der Waals surface area contributed by atoms with Crippen LogP contribution in [0.2, 0.25) is 0 Å². The summed E-state index contributed by atoms with van der Waals surface area (Å²) in [4.78, 5) is 16.3. The molecule has 5 nitrogen and oxygen atoms in total. The van der Waals surface area contributed by atoms with E-state index in [1.807, 2.05) is 6.07 Å². The fourth-order valence-corrected chi connectivity index (χ4v) is 2.02. The average molecular weight is 273 g/mol. The second-order valence-electron chi connectivity index (χ2n) is 4.34. The highest BCUT2D eigenvalue weighted by molar-refractivity contribution is 5.92. The lowest BCUT2D eigenvalue weighted by Gasteiger charge is -2.09. The number of rotatable bonds is 5. The van der Waals surface area contributed by atoms with Crippen molar-refractivity contribution in [3.63, 3.8) is 0 Å². The normalized spacial score (nSPS) is 10.6. The Hall–Kier alpha value is -2.17. The lowest BCUT2D eigenvalue weighted by molar-refractivity contribution is 0.0525. The van der Waals surface area contributed by atoms with Crippen LogP contribution in [0, 0.1) is 0 Å². The number of esters is 1. The third-order valence-electron chi connectivity index (χ3n) is 3.04. The number of pyridine rings is 1. The number of carbonyl (C=O) groups is 1. The molecular weight excluding hydrogens is 254 g/mol. The lowest BCUT2D eigenvalue weighted by Crippen LogP contribution is -2.13. The molecule has 0 amide bonds. The van der Waals surface area contributed by atoms with Crippen LogP contribution in [-0.4, -0.2) is 27.3 Å². The van der Waals surface area contributed by atoms with E-state index >= 15 is 0 Å². The van der Waals surface area contributed by atoms with Gasteiger partial charge in [-0.25, -0.2) is 14.5 Å². The monoisotopic (exact) mass is 273 g/mol. The van der Waals surface area contributed by atoms with Crippen LogP contribution in [0.3, 0.4) is 0 Å². The van der Waals surface area contributed by atoms with Crippen molar-refractivity contribution in [3.05, 3.63) is 41.3 Å². The summed E-state index contributed by atoms with van der Waals surface area (Å²) < 4.78 is 6.82. The van der Waals surface area contributed by atoms with Crippen molar-refractivity contribution in [1.29, 1.82) is 0 Å². The summed E-state index contributed by atoms with van der Waals surface area (Å²) in [5.74, 6) is 0.161. The third-order valence-corrected chi connectivity index (χ3v) is 3.04. The maximum Gasteiger partial charge on any atom is 0.341 e. The van der Waals surface area contributed by atoms with Gasteiger partial charge in [-0.1, -0.05) is 13.8 Å². The second kappa shape index (κ2) is 6.32. The van der Waals surface area contributed by atoms with Crippen molar-refractivity contribution in [2.24, 2.45) is 0 Å². The molecule has 0 N–H and O–H groups in total. The van der Waals surface area contributed by atoms with E-state index < -0.39 is 0 Å². The van der Waals surface area contributed by atoms with Crippen molar-refractivity contribution in [3.8, 4) is 5.82 Å². The van der Waals surface area contributed by atoms with Crippen LogP contribution >= 0.6 is 0 Å². The van der Waals surface area contributed by atoms with Crippen molar-refractivity contribution in [2.45, 2.75) is 33.6 Å². The van der Waals surface area contributed by atoms with Gasteiger partial charge in [-0.3, -0.25) is 0 Å². The van der Waals surface area contributed by atoms with Crippen LogP contribution in [0.25, 0.3) is 5.82 Å². The van der Waals surface area contributed by atoms with Crippen molar-refractivity contribution in [1.82, 2.24) is 14.8 Å². The number of carbonyl (C=O) groups excluding carboxylic acids is 1. The topological polar surface area (TPSA) is 57.0 Å². The van der Waals surface area contributed by atoms with E-state index in [4.69, 9.17) is 4.74 Å². The number of nitrogens with zero attached hydrogens (tertiary/aromatic N) is 3. The van der Waals surface area contributed by atoms with Crippen molar-refractivity contribution < 1.29 is 9.53 Å². The van der Waals surface area contributed by atoms with Crippen LogP contribution in [0.5, 0.6) is 0 Å². The van der Waals surface area contributed by atoms with Gasteiger partial charge in [-0.15, -0.1) is 0 Å². The Balaban J connectivity index is 2.52. The summed E-state index contributed by atoms with van der Waals surface area (Å²) in [5.41, 5.74) is 2.46. The highest BCUT2D eigenvalue weighted by Crippen LogP contribution is 2.17. The van der Waals surface area contributed by atoms with Gasteiger partial charge in [0.25, 0.3) is 0 Å². The highest BCUT2D eigenvalue weighted by atomic mass is 16.5. The van der Waals surface area contributed by atoms with Gasteiger partial charge in [0, 0.05) is 11.9 Å². The van der Waals surface area contributed by atoms with Crippen LogP contribution in [0.4, 0.5) is 0 Å². The van der Waals surface area contributed by atoms with Crippen LogP contribution < -0.4 is 0 Å². The molecule has 0 radical (unpaired) electrons. The fourth-order valence-electron chi connectivity index (χ4n) is 2.02. The largest absolute Gasteiger partial charge is 0.462 e. The van der Waals surface area contributed by atoms with Crippen molar-refractivity contribution in [2.75, 3.05) is 6.61 Å². The molecule has 5 heteroatoms. The molecule has 2 rings (SSSR count). The molecule has 0 saturated carbocycles. The van der Waals surface area contributed by atoms with Gasteiger partial charge in [0.2, 0.25) is 0 Å². The summed E-state index contributed by atoms with van der Waals surface area (Å²) in [5, 5.41) is 4.52. The smallest absolute Gasteiger partial charge is 0.341 e. The summed E-state index contributed by atoms with van der Waals surface area (Å²) in [7, 11) is 0. The molecule has 0 aliphatic heterocycles. The Morgan fingerprint density at radius 2 is 2.10 bits per heavy atom. The molecule has 2 aromatic rings. The zero-order valence-corrected chi connectivity index (χ0v) is 12.1. The molecule has 0 aliphatic rings. The molecule has 0 saturated heterocycles. The van der Waals surface area contributed by atoms with E-state index in [0.29, 0.717) is 18.0 Å². The minimum Gasteiger partial charge on any atom is -0.462 e. The first-order valence-electron chi connectivity index (χ1n) is 6.91. The van der Waals surface area contributed by atoms with Crippen LogP contribution in [-0.2, 0) is 17.6 Å². The van der Waals surface area contributed by atoms with Crippen LogP contribution in [0.15, 0.2) is 24.4 Å². The van der Waals surface area contributed by atoms with E-state index in [9.17, 15) is 4.79 Å². The number of aryl methyl sites for hydroxylation is 2. The molecule has 0 aliphatic carbocycles. The zero-order valence-electron chi connectivity index (χ0n) is 12.1. The van der Waals surface area contributed by atoms with Gasteiger partial charge in [0.15, 0.2) is 5.82 Å². The van der Waals surface area contributed by atoms with Gasteiger partial charge >= 0.3 is 5.97 Å². The molecule has 0 aromatic carbocycles. The quantitative estimate of drug-likeness (QED) is 0.786. The maximum atomic E-state index is 12.0. The van der Waals surface area contributed by atoms with Gasteiger partial charge < -0.3 is 4.74 Å². The first-order chi connectivity index (χ1) is 9.71. The Morgan fingerprint density at radius 3 is 2.75 bits per heavy atom. The maximum absolute atomic E-state index is 12.0. The molecule has 106 valence electrons.